The van der Waals surface area contributed by atoms with Gasteiger partial charge in [0.05, 0.1) is 23.1 Å². The van der Waals surface area contributed by atoms with E-state index in [2.05, 4.69) is 41.7 Å². The van der Waals surface area contributed by atoms with Crippen LogP contribution in [0.5, 0.6) is 0 Å². The lowest BCUT2D eigenvalue weighted by molar-refractivity contribution is 1.51. The van der Waals surface area contributed by atoms with Crippen LogP contribution < -0.4 is 0 Å². The number of benzene rings is 3. The van der Waals surface area contributed by atoms with Gasteiger partial charge in [-0.15, -0.1) is 0 Å². The van der Waals surface area contributed by atoms with Crippen molar-refractivity contribution in [2.24, 2.45) is 8.73 Å². The zero-order valence-electron chi connectivity index (χ0n) is 12.4. The molecule has 3 aromatic carbocycles. The minimum Gasteiger partial charge on any atom is -0.172 e. The Morgan fingerprint density at radius 2 is 1.04 bits per heavy atom. The minimum absolute atomic E-state index is 0.894. The van der Waals surface area contributed by atoms with Gasteiger partial charge in [-0.1, -0.05) is 60.7 Å². The highest BCUT2D eigenvalue weighted by molar-refractivity contribution is 7.58. The van der Waals surface area contributed by atoms with Crippen LogP contribution in [0.2, 0.25) is 0 Å². The molecule has 0 amide bonds. The lowest BCUT2D eigenvalue weighted by Gasteiger charge is -2.11. The quantitative estimate of drug-likeness (QED) is 0.408. The summed E-state index contributed by atoms with van der Waals surface area (Å²) in [4.78, 5) is 0. The maximum absolute atomic E-state index is 4.58. The molecule has 0 radical (unpaired) electrons. The SMILES string of the molecule is c1ccc(-c2c3c(c(-c4ccccc4)c4nsnc24)N=S=N3)cc1. The van der Waals surface area contributed by atoms with Crippen LogP contribution in [-0.4, -0.2) is 8.75 Å². The van der Waals surface area contributed by atoms with Gasteiger partial charge in [0.1, 0.15) is 22.4 Å². The summed E-state index contributed by atoms with van der Waals surface area (Å²) in [6, 6.07) is 20.4. The zero-order valence-corrected chi connectivity index (χ0v) is 14.0. The molecule has 0 spiro atoms. The molecular weight excluding hydrogens is 336 g/mol. The first-order chi connectivity index (χ1) is 11.9. The molecule has 4 nitrogen and oxygen atoms in total. The normalized spacial score (nSPS) is 12.3. The minimum atomic E-state index is 0.894. The van der Waals surface area contributed by atoms with Gasteiger partial charge in [0.25, 0.3) is 0 Å². The molecular formula is C18H10N4S2. The highest BCUT2D eigenvalue weighted by Crippen LogP contribution is 2.51. The van der Waals surface area contributed by atoms with Crippen LogP contribution in [-0.2, 0) is 11.4 Å². The lowest BCUT2D eigenvalue weighted by atomic mass is 9.94. The lowest BCUT2D eigenvalue weighted by Crippen LogP contribution is -1.87. The smallest absolute Gasteiger partial charge is 0.115 e. The number of aromatic nitrogens is 2. The molecule has 6 heteroatoms. The molecule has 0 unspecified atom stereocenters. The van der Waals surface area contributed by atoms with Gasteiger partial charge in [-0.3, -0.25) is 0 Å². The maximum Gasteiger partial charge on any atom is 0.115 e. The molecule has 0 saturated heterocycles. The van der Waals surface area contributed by atoms with E-state index in [1.54, 1.807) is 0 Å². The van der Waals surface area contributed by atoms with Crippen LogP contribution in [0.15, 0.2) is 69.4 Å². The molecule has 1 aliphatic heterocycles. The monoisotopic (exact) mass is 346 g/mol. The molecule has 5 rings (SSSR count). The predicted octanol–water partition coefficient (Wildman–Crippen LogP) is 5.75. The van der Waals surface area contributed by atoms with Crippen molar-refractivity contribution in [2.75, 3.05) is 0 Å². The van der Waals surface area contributed by atoms with Crippen molar-refractivity contribution in [3.05, 3.63) is 60.7 Å². The van der Waals surface area contributed by atoms with E-state index >= 15 is 0 Å². The first-order valence-corrected chi connectivity index (χ1v) is 8.91. The van der Waals surface area contributed by atoms with Gasteiger partial charge >= 0.3 is 0 Å². The second-order valence-corrected chi connectivity index (χ2v) is 6.46. The molecule has 2 heterocycles. The van der Waals surface area contributed by atoms with Crippen molar-refractivity contribution in [1.29, 1.82) is 0 Å². The Bertz CT molecular complexity index is 1040. The van der Waals surface area contributed by atoms with E-state index in [1.165, 1.54) is 23.1 Å². The first-order valence-electron chi connectivity index (χ1n) is 7.45. The topological polar surface area (TPSA) is 50.5 Å². The summed E-state index contributed by atoms with van der Waals surface area (Å²) >= 11 is 2.46. The Hall–Kier alpha value is -2.70. The number of rotatable bonds is 2. The molecule has 0 bridgehead atoms. The number of fused-ring (bicyclic) bond motifs is 2. The average molecular weight is 346 g/mol. The molecule has 4 aromatic rings. The molecule has 0 aliphatic carbocycles. The van der Waals surface area contributed by atoms with Gasteiger partial charge in [-0.2, -0.15) is 17.5 Å². The largest absolute Gasteiger partial charge is 0.172 e. The molecule has 0 N–H and O–H groups in total. The van der Waals surface area contributed by atoms with Crippen LogP contribution in [0, 0.1) is 0 Å². The van der Waals surface area contributed by atoms with E-state index in [4.69, 9.17) is 0 Å². The van der Waals surface area contributed by atoms with E-state index in [1.807, 2.05) is 36.4 Å². The predicted molar refractivity (Wildman–Crippen MR) is 99.8 cm³/mol. The molecule has 114 valence electrons. The van der Waals surface area contributed by atoms with Gasteiger partial charge in [-0.25, -0.2) is 0 Å². The van der Waals surface area contributed by atoms with Crippen molar-refractivity contribution in [3.63, 3.8) is 0 Å². The van der Waals surface area contributed by atoms with Gasteiger partial charge in [-0.05, 0) is 11.1 Å². The fourth-order valence-electron chi connectivity index (χ4n) is 3.01. The number of nitrogens with zero attached hydrogens (tertiary/aromatic N) is 4. The molecule has 1 aliphatic rings. The summed E-state index contributed by atoms with van der Waals surface area (Å²) in [7, 11) is 0. The molecule has 24 heavy (non-hydrogen) atoms. The van der Waals surface area contributed by atoms with Crippen LogP contribution in [0.1, 0.15) is 0 Å². The van der Waals surface area contributed by atoms with Gasteiger partial charge in [0.15, 0.2) is 0 Å². The van der Waals surface area contributed by atoms with E-state index in [0.717, 1.165) is 44.7 Å². The second kappa shape index (κ2) is 5.43. The van der Waals surface area contributed by atoms with Crippen molar-refractivity contribution in [1.82, 2.24) is 8.75 Å². The van der Waals surface area contributed by atoms with E-state index in [0.29, 0.717) is 0 Å². The summed E-state index contributed by atoms with van der Waals surface area (Å²) in [6.07, 6.45) is 0. The third kappa shape index (κ3) is 1.97. The standard InChI is InChI=1S/C18H10N4S2/c1-3-7-11(8-4-1)13-15-17(21-23-19-15)14(12-9-5-2-6-10-12)18-16(13)20-24-22-18/h1-10H. The van der Waals surface area contributed by atoms with Crippen molar-refractivity contribution < 1.29 is 0 Å². The summed E-state index contributed by atoms with van der Waals surface area (Å²) in [5.74, 6) is 0. The Morgan fingerprint density at radius 1 is 0.583 bits per heavy atom. The van der Waals surface area contributed by atoms with E-state index in [9.17, 15) is 0 Å². The second-order valence-electron chi connectivity index (χ2n) is 5.40. The average Bonchev–Trinajstić information content (AvgIpc) is 3.30. The highest BCUT2D eigenvalue weighted by atomic mass is 32.1. The molecule has 0 fully saturated rings. The fourth-order valence-corrected chi connectivity index (χ4v) is 4.13. The first kappa shape index (κ1) is 13.7. The highest BCUT2D eigenvalue weighted by Gasteiger charge is 2.25. The molecule has 0 saturated carbocycles. The third-order valence-electron chi connectivity index (χ3n) is 4.05. The fraction of sp³-hybridized carbons (Fsp3) is 0. The maximum atomic E-state index is 4.58. The van der Waals surface area contributed by atoms with Crippen molar-refractivity contribution in [3.8, 4) is 22.3 Å². The van der Waals surface area contributed by atoms with Gasteiger partial charge in [0, 0.05) is 11.1 Å². The van der Waals surface area contributed by atoms with Crippen LogP contribution in [0.4, 0.5) is 11.4 Å². The Labute approximate surface area is 146 Å². The Morgan fingerprint density at radius 3 is 1.50 bits per heavy atom. The van der Waals surface area contributed by atoms with Crippen LogP contribution >= 0.6 is 11.7 Å². The van der Waals surface area contributed by atoms with Crippen LogP contribution in [0.3, 0.4) is 0 Å². The summed E-state index contributed by atoms with van der Waals surface area (Å²) < 4.78 is 18.3. The summed E-state index contributed by atoms with van der Waals surface area (Å²) in [6.45, 7) is 0. The zero-order chi connectivity index (χ0) is 15.9. The Balaban J connectivity index is 1.93. The number of hydrogen-bond acceptors (Lipinski definition) is 5. The summed E-state index contributed by atoms with van der Waals surface area (Å²) in [5.41, 5.74) is 7.79. The van der Waals surface area contributed by atoms with Crippen molar-refractivity contribution in [2.45, 2.75) is 0 Å². The molecule has 1 aromatic heterocycles. The van der Waals surface area contributed by atoms with Gasteiger partial charge in [0.2, 0.25) is 0 Å². The third-order valence-corrected chi connectivity index (χ3v) is 5.11. The number of hydrogen-bond donors (Lipinski definition) is 0. The van der Waals surface area contributed by atoms with E-state index in [-0.39, 0.29) is 0 Å². The Kier molecular flexibility index (Phi) is 3.11. The van der Waals surface area contributed by atoms with Crippen LogP contribution in [0.25, 0.3) is 33.3 Å². The van der Waals surface area contributed by atoms with E-state index < -0.39 is 0 Å². The van der Waals surface area contributed by atoms with Crippen molar-refractivity contribution >= 4 is 45.5 Å². The van der Waals surface area contributed by atoms with Gasteiger partial charge < -0.3 is 0 Å². The molecule has 0 atom stereocenters. The summed E-state index contributed by atoms with van der Waals surface area (Å²) in [5, 5.41) is 0.